The molecule has 1 amide bonds. The molecular weight excluding hydrogens is 347 g/mol. The molecule has 8 heteroatoms. The van der Waals surface area contributed by atoms with Crippen molar-refractivity contribution in [3.8, 4) is 5.69 Å². The molecule has 0 spiro atoms. The molecule has 2 N–H and O–H groups in total. The van der Waals surface area contributed by atoms with Crippen molar-refractivity contribution in [3.63, 3.8) is 0 Å². The summed E-state index contributed by atoms with van der Waals surface area (Å²) in [6.45, 7) is 3.83. The molecule has 142 valence electrons. The van der Waals surface area contributed by atoms with Crippen LogP contribution in [0, 0.1) is 12.7 Å². The zero-order valence-corrected chi connectivity index (χ0v) is 15.8. The number of carbonyl (C=O) groups excluding carboxylic acids is 1. The first-order valence-corrected chi connectivity index (χ1v) is 8.67. The normalized spacial score (nSPS) is 13.4. The number of aromatic nitrogens is 4. The fourth-order valence-electron chi connectivity index (χ4n) is 3.10. The van der Waals surface area contributed by atoms with E-state index in [2.05, 4.69) is 20.8 Å². The number of nitrogens with zero attached hydrogens (tertiary/aromatic N) is 4. The quantitative estimate of drug-likeness (QED) is 0.697. The predicted octanol–water partition coefficient (Wildman–Crippen LogP) is 2.19. The Hall–Kier alpha value is -3.00. The summed E-state index contributed by atoms with van der Waals surface area (Å²) in [5.41, 5.74) is 3.34. The molecule has 0 saturated heterocycles. The fraction of sp³-hybridized carbons (Fsp3) is 0.316. The van der Waals surface area contributed by atoms with Crippen LogP contribution in [0.5, 0.6) is 0 Å². The first-order valence-electron chi connectivity index (χ1n) is 8.67. The van der Waals surface area contributed by atoms with Gasteiger partial charge in [-0.2, -0.15) is 10.2 Å². The summed E-state index contributed by atoms with van der Waals surface area (Å²) in [5.74, 6) is -0.440. The number of halogens is 1. The molecule has 0 aliphatic heterocycles. The van der Waals surface area contributed by atoms with E-state index in [1.54, 1.807) is 40.9 Å². The van der Waals surface area contributed by atoms with E-state index >= 15 is 0 Å². The fourth-order valence-corrected chi connectivity index (χ4v) is 3.10. The smallest absolute Gasteiger partial charge is 0.242 e. The van der Waals surface area contributed by atoms with Gasteiger partial charge in [0, 0.05) is 30.1 Å². The van der Waals surface area contributed by atoms with Gasteiger partial charge in [-0.3, -0.25) is 9.48 Å². The van der Waals surface area contributed by atoms with Gasteiger partial charge >= 0.3 is 0 Å². The highest BCUT2D eigenvalue weighted by atomic mass is 19.1. The zero-order chi connectivity index (χ0) is 19.6. The van der Waals surface area contributed by atoms with Gasteiger partial charge in [0.25, 0.3) is 0 Å². The molecule has 0 radical (unpaired) electrons. The summed E-state index contributed by atoms with van der Waals surface area (Å²) in [4.78, 5) is 12.7. The largest absolute Gasteiger partial charge is 0.348 e. The Labute approximate surface area is 157 Å². The molecule has 0 aliphatic carbocycles. The Morgan fingerprint density at radius 2 is 1.89 bits per heavy atom. The van der Waals surface area contributed by atoms with Crippen LogP contribution in [0.25, 0.3) is 5.69 Å². The van der Waals surface area contributed by atoms with E-state index in [9.17, 15) is 9.18 Å². The van der Waals surface area contributed by atoms with Crippen molar-refractivity contribution in [1.82, 2.24) is 30.2 Å². The average Bonchev–Trinajstić information content (AvgIpc) is 3.22. The second-order valence-electron chi connectivity index (χ2n) is 6.47. The Bertz CT molecular complexity index is 930. The van der Waals surface area contributed by atoms with E-state index in [1.165, 1.54) is 12.1 Å². The number of aryl methyl sites for hydroxylation is 1. The lowest BCUT2D eigenvalue weighted by atomic mass is 10.1. The van der Waals surface area contributed by atoms with Crippen LogP contribution in [0.4, 0.5) is 4.39 Å². The van der Waals surface area contributed by atoms with Gasteiger partial charge in [0.15, 0.2) is 0 Å². The van der Waals surface area contributed by atoms with Crippen LogP contribution in [0.2, 0.25) is 0 Å². The average molecular weight is 370 g/mol. The van der Waals surface area contributed by atoms with Crippen molar-refractivity contribution in [3.05, 3.63) is 65.5 Å². The number of benzene rings is 1. The van der Waals surface area contributed by atoms with Gasteiger partial charge in [-0.1, -0.05) is 0 Å². The number of hydrogen-bond acceptors (Lipinski definition) is 4. The van der Waals surface area contributed by atoms with Crippen molar-refractivity contribution in [1.29, 1.82) is 0 Å². The first-order chi connectivity index (χ1) is 12.9. The maximum absolute atomic E-state index is 13.1. The molecular formula is C19H23FN6O. The third kappa shape index (κ3) is 3.90. The molecule has 3 aromatic rings. The van der Waals surface area contributed by atoms with Gasteiger partial charge in [0.1, 0.15) is 11.9 Å². The third-order valence-corrected chi connectivity index (χ3v) is 4.55. The van der Waals surface area contributed by atoms with Crippen LogP contribution in [-0.2, 0) is 11.8 Å². The van der Waals surface area contributed by atoms with E-state index in [0.29, 0.717) is 0 Å². The second-order valence-corrected chi connectivity index (χ2v) is 6.47. The molecule has 0 saturated carbocycles. The second kappa shape index (κ2) is 7.71. The molecule has 2 atom stereocenters. The summed E-state index contributed by atoms with van der Waals surface area (Å²) >= 11 is 0. The monoisotopic (exact) mass is 370 g/mol. The minimum atomic E-state index is -0.492. The lowest BCUT2D eigenvalue weighted by molar-refractivity contribution is -0.123. The van der Waals surface area contributed by atoms with Crippen molar-refractivity contribution >= 4 is 5.91 Å². The van der Waals surface area contributed by atoms with Crippen molar-refractivity contribution in [2.45, 2.75) is 25.9 Å². The standard InChI is InChI=1S/C19H23FN6O/c1-12(24-19(27)18(21-3)14-9-22-25(4)11-14)17-10-23-26(13(17)2)16-7-5-15(20)6-8-16/h5-12,18,21H,1-4H3,(H,24,27). The van der Waals surface area contributed by atoms with Gasteiger partial charge in [0.2, 0.25) is 5.91 Å². The molecule has 2 unspecified atom stereocenters. The minimum absolute atomic E-state index is 0.146. The highest BCUT2D eigenvalue weighted by Crippen LogP contribution is 2.21. The van der Waals surface area contributed by atoms with E-state index < -0.39 is 6.04 Å². The topological polar surface area (TPSA) is 76.8 Å². The Morgan fingerprint density at radius 1 is 1.19 bits per heavy atom. The molecule has 0 fully saturated rings. The number of likely N-dealkylation sites (N-methyl/N-ethyl adjacent to an activating group) is 1. The molecule has 2 aromatic heterocycles. The van der Waals surface area contributed by atoms with Crippen LogP contribution in [0.15, 0.2) is 42.9 Å². The van der Waals surface area contributed by atoms with Crippen molar-refractivity contribution in [2.75, 3.05) is 7.05 Å². The Morgan fingerprint density at radius 3 is 2.48 bits per heavy atom. The van der Waals surface area contributed by atoms with Gasteiger partial charge in [-0.15, -0.1) is 0 Å². The van der Waals surface area contributed by atoms with E-state index in [0.717, 1.165) is 22.5 Å². The summed E-state index contributed by atoms with van der Waals surface area (Å²) in [6, 6.07) is 5.40. The lowest BCUT2D eigenvalue weighted by Crippen LogP contribution is -2.37. The number of amides is 1. The van der Waals surface area contributed by atoms with Crippen LogP contribution in [0.3, 0.4) is 0 Å². The molecule has 7 nitrogen and oxygen atoms in total. The van der Waals surface area contributed by atoms with Crippen LogP contribution in [0.1, 0.15) is 35.8 Å². The van der Waals surface area contributed by atoms with E-state index in [-0.39, 0.29) is 17.8 Å². The van der Waals surface area contributed by atoms with E-state index in [4.69, 9.17) is 0 Å². The van der Waals surface area contributed by atoms with E-state index in [1.807, 2.05) is 27.1 Å². The predicted molar refractivity (Wildman–Crippen MR) is 99.8 cm³/mol. The van der Waals surface area contributed by atoms with Gasteiger partial charge in [0.05, 0.1) is 24.1 Å². The number of rotatable bonds is 6. The molecule has 3 rings (SSSR count). The molecule has 27 heavy (non-hydrogen) atoms. The molecule has 1 aromatic carbocycles. The van der Waals surface area contributed by atoms with Crippen molar-refractivity contribution in [2.24, 2.45) is 7.05 Å². The third-order valence-electron chi connectivity index (χ3n) is 4.55. The number of nitrogens with one attached hydrogen (secondary N) is 2. The number of carbonyl (C=O) groups is 1. The zero-order valence-electron chi connectivity index (χ0n) is 15.8. The summed E-state index contributed by atoms with van der Waals surface area (Å²) in [5, 5.41) is 14.5. The van der Waals surface area contributed by atoms with Crippen molar-refractivity contribution < 1.29 is 9.18 Å². The van der Waals surface area contributed by atoms with Crippen LogP contribution in [-0.4, -0.2) is 32.5 Å². The maximum atomic E-state index is 13.1. The SMILES string of the molecule is CNC(C(=O)NC(C)c1cnn(-c2ccc(F)cc2)c1C)c1cnn(C)c1. The maximum Gasteiger partial charge on any atom is 0.242 e. The Balaban J connectivity index is 1.77. The molecule has 2 heterocycles. The van der Waals surface area contributed by atoms with Gasteiger partial charge in [-0.05, 0) is 45.2 Å². The first kappa shape index (κ1) is 18.8. The summed E-state index contributed by atoms with van der Waals surface area (Å²) in [6.07, 6.45) is 5.20. The molecule has 0 bridgehead atoms. The summed E-state index contributed by atoms with van der Waals surface area (Å²) < 4.78 is 16.5. The Kier molecular flexibility index (Phi) is 5.36. The van der Waals surface area contributed by atoms with Crippen LogP contribution >= 0.6 is 0 Å². The highest BCUT2D eigenvalue weighted by Gasteiger charge is 2.23. The summed E-state index contributed by atoms with van der Waals surface area (Å²) in [7, 11) is 3.55. The lowest BCUT2D eigenvalue weighted by Gasteiger charge is -2.19. The van der Waals surface area contributed by atoms with Crippen LogP contribution < -0.4 is 10.6 Å². The number of hydrogen-bond donors (Lipinski definition) is 2. The minimum Gasteiger partial charge on any atom is -0.348 e. The van der Waals surface area contributed by atoms with Gasteiger partial charge < -0.3 is 10.6 Å². The molecule has 0 aliphatic rings. The highest BCUT2D eigenvalue weighted by molar-refractivity contribution is 5.83. The van der Waals surface area contributed by atoms with Gasteiger partial charge in [-0.25, -0.2) is 9.07 Å².